The third-order valence-electron chi connectivity index (χ3n) is 3.17. The Bertz CT molecular complexity index is 707. The number of hydrogen-bond acceptors (Lipinski definition) is 4. The molecule has 104 valence electrons. The van der Waals surface area contributed by atoms with Crippen LogP contribution in [0.5, 0.6) is 5.75 Å². The van der Waals surface area contributed by atoms with Gasteiger partial charge in [0.1, 0.15) is 29.0 Å². The Morgan fingerprint density at radius 2 is 2.25 bits per heavy atom. The van der Waals surface area contributed by atoms with E-state index in [0.29, 0.717) is 18.8 Å². The van der Waals surface area contributed by atoms with E-state index in [1.807, 2.05) is 24.3 Å². The minimum absolute atomic E-state index is 0.518. The van der Waals surface area contributed by atoms with Gasteiger partial charge in [0.25, 0.3) is 0 Å². The molecule has 3 aromatic rings. The first kappa shape index (κ1) is 13.0. The van der Waals surface area contributed by atoms with Gasteiger partial charge in [-0.1, -0.05) is 11.2 Å². The van der Waals surface area contributed by atoms with Crippen molar-refractivity contribution in [3.63, 3.8) is 0 Å². The van der Waals surface area contributed by atoms with Crippen molar-refractivity contribution in [3.05, 3.63) is 42.0 Å². The highest BCUT2D eigenvalue weighted by Crippen LogP contribution is 2.26. The molecule has 0 spiro atoms. The van der Waals surface area contributed by atoms with Gasteiger partial charge >= 0.3 is 0 Å². The van der Waals surface area contributed by atoms with Gasteiger partial charge in [0.2, 0.25) is 0 Å². The highest BCUT2D eigenvalue weighted by Gasteiger charge is 2.14. The number of nitrogens with zero attached hydrogens (tertiary/aromatic N) is 3. The molecule has 2 heterocycles. The van der Waals surface area contributed by atoms with E-state index in [0.717, 1.165) is 28.3 Å². The highest BCUT2D eigenvalue weighted by molar-refractivity contribution is 6.17. The summed E-state index contributed by atoms with van der Waals surface area (Å²) < 4.78 is 12.3. The third-order valence-corrected chi connectivity index (χ3v) is 3.36. The van der Waals surface area contributed by atoms with E-state index in [1.54, 1.807) is 13.4 Å². The van der Waals surface area contributed by atoms with Gasteiger partial charge in [0.15, 0.2) is 0 Å². The largest absolute Gasteiger partial charge is 0.494 e. The first-order chi connectivity index (χ1) is 9.83. The fourth-order valence-electron chi connectivity index (χ4n) is 2.27. The van der Waals surface area contributed by atoms with Crippen LogP contribution in [0.3, 0.4) is 0 Å². The molecule has 6 heteroatoms. The number of rotatable bonds is 5. The number of aryl methyl sites for hydroxylation is 1. The Morgan fingerprint density at radius 1 is 1.35 bits per heavy atom. The second kappa shape index (κ2) is 5.54. The number of imidazole rings is 1. The summed E-state index contributed by atoms with van der Waals surface area (Å²) >= 11 is 5.87. The van der Waals surface area contributed by atoms with Crippen LogP contribution in [0, 0.1) is 0 Å². The smallest absolute Gasteiger partial charge is 0.146 e. The van der Waals surface area contributed by atoms with Crippen LogP contribution in [0.1, 0.15) is 11.5 Å². The van der Waals surface area contributed by atoms with E-state index in [-0.39, 0.29) is 0 Å². The van der Waals surface area contributed by atoms with Crippen LogP contribution in [-0.2, 0) is 13.0 Å². The number of alkyl halides is 1. The predicted molar refractivity (Wildman–Crippen MR) is 76.3 cm³/mol. The summed E-state index contributed by atoms with van der Waals surface area (Å²) in [5.41, 5.74) is 2.70. The summed E-state index contributed by atoms with van der Waals surface area (Å²) in [5.74, 6) is 2.20. The molecule has 0 bridgehead atoms. The first-order valence-electron chi connectivity index (χ1n) is 6.31. The van der Waals surface area contributed by atoms with Gasteiger partial charge in [0.05, 0.1) is 19.2 Å². The van der Waals surface area contributed by atoms with Crippen LogP contribution < -0.4 is 4.74 Å². The van der Waals surface area contributed by atoms with Gasteiger partial charge in [0, 0.05) is 18.4 Å². The minimum atomic E-state index is 0.518. The average molecular weight is 292 g/mol. The van der Waals surface area contributed by atoms with Gasteiger partial charge in [-0.2, -0.15) is 0 Å². The maximum atomic E-state index is 5.87. The van der Waals surface area contributed by atoms with Crippen molar-refractivity contribution in [2.75, 3.05) is 13.0 Å². The SMILES string of the molecule is COc1cccc2c1nc(CCCl)n2Cc1ccon1. The van der Waals surface area contributed by atoms with Crippen LogP contribution in [0.25, 0.3) is 11.0 Å². The fourth-order valence-corrected chi connectivity index (χ4v) is 2.44. The molecule has 0 fully saturated rings. The van der Waals surface area contributed by atoms with Crippen molar-refractivity contribution in [1.29, 1.82) is 0 Å². The fraction of sp³-hybridized carbons (Fsp3) is 0.286. The molecule has 0 N–H and O–H groups in total. The lowest BCUT2D eigenvalue weighted by Crippen LogP contribution is -2.06. The van der Waals surface area contributed by atoms with Crippen LogP contribution in [0.15, 0.2) is 35.1 Å². The van der Waals surface area contributed by atoms with Crippen LogP contribution >= 0.6 is 11.6 Å². The molecule has 0 aliphatic heterocycles. The number of halogens is 1. The molecular weight excluding hydrogens is 278 g/mol. The van der Waals surface area contributed by atoms with Gasteiger partial charge in [-0.25, -0.2) is 4.98 Å². The van der Waals surface area contributed by atoms with Crippen LogP contribution in [0.4, 0.5) is 0 Å². The first-order valence-corrected chi connectivity index (χ1v) is 6.84. The quantitative estimate of drug-likeness (QED) is 0.678. The van der Waals surface area contributed by atoms with Crippen molar-refractivity contribution < 1.29 is 9.26 Å². The van der Waals surface area contributed by atoms with Gasteiger partial charge in [-0.15, -0.1) is 11.6 Å². The Hall–Kier alpha value is -2.01. The summed E-state index contributed by atoms with van der Waals surface area (Å²) in [6.07, 6.45) is 2.26. The Labute approximate surface area is 121 Å². The summed E-state index contributed by atoms with van der Waals surface area (Å²) in [6.45, 7) is 0.604. The molecule has 0 amide bonds. The molecule has 2 aromatic heterocycles. The van der Waals surface area contributed by atoms with Crippen molar-refractivity contribution in [3.8, 4) is 5.75 Å². The lowest BCUT2D eigenvalue weighted by Gasteiger charge is -2.06. The van der Waals surface area contributed by atoms with Crippen LogP contribution in [-0.4, -0.2) is 27.7 Å². The number of hydrogen-bond donors (Lipinski definition) is 0. The molecular formula is C14H14ClN3O2. The lowest BCUT2D eigenvalue weighted by molar-refractivity contribution is 0.409. The molecule has 0 saturated heterocycles. The van der Waals surface area contributed by atoms with E-state index in [1.165, 1.54) is 0 Å². The number of ether oxygens (including phenoxy) is 1. The topological polar surface area (TPSA) is 53.1 Å². The van der Waals surface area contributed by atoms with Crippen molar-refractivity contribution in [2.24, 2.45) is 0 Å². The standard InChI is InChI=1S/C14H14ClN3O2/c1-19-12-4-2-3-11-14(12)16-13(5-7-15)18(11)9-10-6-8-20-17-10/h2-4,6,8H,5,7,9H2,1H3. The van der Waals surface area contributed by atoms with Gasteiger partial charge < -0.3 is 13.8 Å². The average Bonchev–Trinajstić information content (AvgIpc) is 3.08. The third kappa shape index (κ3) is 2.25. The maximum Gasteiger partial charge on any atom is 0.146 e. The predicted octanol–water partition coefficient (Wildman–Crippen LogP) is 2.86. The summed E-state index contributed by atoms with van der Waals surface area (Å²) in [4.78, 5) is 4.65. The monoisotopic (exact) mass is 291 g/mol. The molecule has 0 saturated carbocycles. The van der Waals surface area contributed by atoms with E-state index in [9.17, 15) is 0 Å². The molecule has 0 atom stereocenters. The summed E-state index contributed by atoms with van der Waals surface area (Å²) in [5, 5.41) is 3.95. The lowest BCUT2D eigenvalue weighted by atomic mass is 10.3. The molecule has 0 aliphatic carbocycles. The van der Waals surface area contributed by atoms with Gasteiger partial charge in [-0.3, -0.25) is 0 Å². The Kier molecular flexibility index (Phi) is 3.60. The molecule has 5 nitrogen and oxygen atoms in total. The van der Waals surface area contributed by atoms with Crippen molar-refractivity contribution >= 4 is 22.6 Å². The van der Waals surface area contributed by atoms with Gasteiger partial charge in [-0.05, 0) is 12.1 Å². The molecule has 0 radical (unpaired) electrons. The molecule has 0 aliphatic rings. The number of methoxy groups -OCH3 is 1. The molecule has 1 aromatic carbocycles. The zero-order valence-corrected chi connectivity index (χ0v) is 11.8. The number of fused-ring (bicyclic) bond motifs is 1. The highest BCUT2D eigenvalue weighted by atomic mass is 35.5. The van der Waals surface area contributed by atoms with E-state index in [2.05, 4.69) is 14.7 Å². The van der Waals surface area contributed by atoms with E-state index in [4.69, 9.17) is 20.9 Å². The summed E-state index contributed by atoms with van der Waals surface area (Å²) in [7, 11) is 1.65. The second-order valence-corrected chi connectivity index (χ2v) is 4.75. The maximum absolute atomic E-state index is 5.87. The normalized spacial score (nSPS) is 11.1. The Morgan fingerprint density at radius 3 is 2.95 bits per heavy atom. The zero-order valence-electron chi connectivity index (χ0n) is 11.0. The van der Waals surface area contributed by atoms with Crippen molar-refractivity contribution in [1.82, 2.24) is 14.7 Å². The van der Waals surface area contributed by atoms with E-state index < -0.39 is 0 Å². The Balaban J connectivity index is 2.13. The molecule has 20 heavy (non-hydrogen) atoms. The summed E-state index contributed by atoms with van der Waals surface area (Å²) in [6, 6.07) is 7.71. The molecule has 0 unspecified atom stereocenters. The minimum Gasteiger partial charge on any atom is -0.494 e. The van der Waals surface area contributed by atoms with Crippen molar-refractivity contribution in [2.45, 2.75) is 13.0 Å². The second-order valence-electron chi connectivity index (χ2n) is 4.37. The van der Waals surface area contributed by atoms with E-state index >= 15 is 0 Å². The molecule has 3 rings (SSSR count). The van der Waals surface area contributed by atoms with Crippen LogP contribution in [0.2, 0.25) is 0 Å². The zero-order chi connectivity index (χ0) is 13.9. The number of aromatic nitrogens is 3. The number of benzene rings is 1. The number of para-hydroxylation sites is 1.